The number of rotatable bonds is 8. The fraction of sp³-hybridized carbons (Fsp3) is 0.750. The van der Waals surface area contributed by atoms with Gasteiger partial charge in [0, 0.05) is 6.04 Å². The van der Waals surface area contributed by atoms with Crippen molar-refractivity contribution >= 4 is 11.8 Å². The molecule has 2 heterocycles. The lowest BCUT2D eigenvalue weighted by atomic mass is 10.0. The van der Waals surface area contributed by atoms with Gasteiger partial charge < -0.3 is 14.6 Å². The third kappa shape index (κ3) is 5.15. The molecule has 0 amide bonds. The maximum Gasteiger partial charge on any atom is 0.118 e. The Bertz CT molecular complexity index is 372. The van der Waals surface area contributed by atoms with Gasteiger partial charge in [0.15, 0.2) is 0 Å². The molecule has 4 heteroatoms. The molecule has 2 rings (SSSR count). The van der Waals surface area contributed by atoms with Gasteiger partial charge in [-0.2, -0.15) is 11.8 Å². The van der Waals surface area contributed by atoms with Crippen molar-refractivity contribution in [3.05, 3.63) is 23.7 Å². The van der Waals surface area contributed by atoms with Crippen LogP contribution in [0.5, 0.6) is 0 Å². The van der Waals surface area contributed by atoms with E-state index in [0.29, 0.717) is 6.04 Å². The molecule has 1 saturated heterocycles. The molecule has 0 atom stereocenters. The topological polar surface area (TPSA) is 28.4 Å². The number of thioether (sulfide) groups is 1. The molecule has 1 aliphatic heterocycles. The van der Waals surface area contributed by atoms with E-state index in [1.165, 1.54) is 45.3 Å². The molecule has 1 aromatic rings. The first-order valence-corrected chi connectivity index (χ1v) is 9.23. The van der Waals surface area contributed by atoms with Crippen LogP contribution in [0.25, 0.3) is 0 Å². The number of nitrogens with zero attached hydrogens (tertiary/aromatic N) is 1. The van der Waals surface area contributed by atoms with Gasteiger partial charge in [0.2, 0.25) is 0 Å². The molecular formula is C16H28N2OS. The first-order valence-electron chi connectivity index (χ1n) is 7.84. The van der Waals surface area contributed by atoms with Crippen molar-refractivity contribution in [2.45, 2.75) is 50.9 Å². The van der Waals surface area contributed by atoms with Crippen LogP contribution in [0.2, 0.25) is 0 Å². The van der Waals surface area contributed by atoms with Crippen LogP contribution in [0, 0.1) is 0 Å². The van der Waals surface area contributed by atoms with Crippen molar-refractivity contribution in [1.29, 1.82) is 0 Å². The highest BCUT2D eigenvalue weighted by molar-refractivity contribution is 7.97. The van der Waals surface area contributed by atoms with Gasteiger partial charge in [-0.3, -0.25) is 0 Å². The summed E-state index contributed by atoms with van der Waals surface area (Å²) in [6.45, 7) is 6.90. The zero-order chi connectivity index (χ0) is 14.2. The molecule has 0 unspecified atom stereocenters. The number of likely N-dealkylation sites (tertiary alicyclic amines) is 1. The van der Waals surface area contributed by atoms with E-state index in [2.05, 4.69) is 35.5 Å². The molecule has 3 nitrogen and oxygen atoms in total. The molecule has 0 radical (unpaired) electrons. The second-order valence-electron chi connectivity index (χ2n) is 5.65. The summed E-state index contributed by atoms with van der Waals surface area (Å²) in [5.41, 5.74) is 0. The van der Waals surface area contributed by atoms with E-state index in [9.17, 15) is 0 Å². The summed E-state index contributed by atoms with van der Waals surface area (Å²) in [5.74, 6) is 3.13. The molecule has 0 bridgehead atoms. The first-order chi connectivity index (χ1) is 9.81. The average molecular weight is 296 g/mol. The van der Waals surface area contributed by atoms with Crippen LogP contribution >= 0.6 is 11.8 Å². The van der Waals surface area contributed by atoms with Crippen molar-refractivity contribution in [3.63, 3.8) is 0 Å². The molecule has 0 aliphatic carbocycles. The highest BCUT2D eigenvalue weighted by Crippen LogP contribution is 2.15. The number of hydrogen-bond acceptors (Lipinski definition) is 4. The minimum absolute atomic E-state index is 0.655. The van der Waals surface area contributed by atoms with Crippen LogP contribution in [0.1, 0.15) is 44.1 Å². The number of nitrogens with one attached hydrogen (secondary N) is 1. The Morgan fingerprint density at radius 2 is 2.05 bits per heavy atom. The van der Waals surface area contributed by atoms with Gasteiger partial charge in [-0.15, -0.1) is 0 Å². The lowest BCUT2D eigenvalue weighted by Crippen LogP contribution is -2.42. The SMILES string of the molecule is CCCCN1CCC(NCc2ccc(CSC)o2)CC1. The van der Waals surface area contributed by atoms with E-state index in [-0.39, 0.29) is 0 Å². The Labute approximate surface area is 127 Å². The largest absolute Gasteiger partial charge is 0.464 e. The monoisotopic (exact) mass is 296 g/mol. The fourth-order valence-electron chi connectivity index (χ4n) is 2.72. The maximum absolute atomic E-state index is 5.80. The van der Waals surface area contributed by atoms with E-state index in [4.69, 9.17) is 4.42 Å². The number of furan rings is 1. The lowest BCUT2D eigenvalue weighted by Gasteiger charge is -2.32. The Hall–Kier alpha value is -0.450. The average Bonchev–Trinajstić information content (AvgIpc) is 2.92. The van der Waals surface area contributed by atoms with Crippen LogP contribution in [-0.2, 0) is 12.3 Å². The molecule has 1 N–H and O–H groups in total. The van der Waals surface area contributed by atoms with Gasteiger partial charge in [-0.25, -0.2) is 0 Å². The minimum Gasteiger partial charge on any atom is -0.464 e. The number of hydrogen-bond donors (Lipinski definition) is 1. The predicted octanol–water partition coefficient (Wildman–Crippen LogP) is 3.50. The van der Waals surface area contributed by atoms with Crippen molar-refractivity contribution in [2.75, 3.05) is 25.9 Å². The second kappa shape index (κ2) is 8.75. The third-order valence-corrected chi connectivity index (χ3v) is 4.56. The van der Waals surface area contributed by atoms with E-state index in [1.54, 1.807) is 11.8 Å². The molecule has 114 valence electrons. The third-order valence-electron chi connectivity index (χ3n) is 3.98. The van der Waals surface area contributed by atoms with Gasteiger partial charge in [-0.1, -0.05) is 13.3 Å². The second-order valence-corrected chi connectivity index (χ2v) is 6.52. The zero-order valence-electron chi connectivity index (χ0n) is 12.9. The van der Waals surface area contributed by atoms with E-state index < -0.39 is 0 Å². The Balaban J connectivity index is 1.65. The molecule has 20 heavy (non-hydrogen) atoms. The molecule has 0 aromatic carbocycles. The van der Waals surface area contributed by atoms with Gasteiger partial charge in [-0.05, 0) is 57.3 Å². The van der Waals surface area contributed by atoms with Crippen molar-refractivity contribution in [1.82, 2.24) is 10.2 Å². The summed E-state index contributed by atoms with van der Waals surface area (Å²) in [4.78, 5) is 2.60. The molecule has 1 aliphatic rings. The van der Waals surface area contributed by atoms with Crippen LogP contribution in [-0.4, -0.2) is 36.8 Å². The summed E-state index contributed by atoms with van der Waals surface area (Å²) in [6, 6.07) is 4.86. The van der Waals surface area contributed by atoms with Gasteiger partial charge in [0.05, 0.1) is 12.3 Å². The smallest absolute Gasteiger partial charge is 0.118 e. The predicted molar refractivity (Wildman–Crippen MR) is 87.1 cm³/mol. The van der Waals surface area contributed by atoms with Crippen molar-refractivity contribution in [2.24, 2.45) is 0 Å². The fourth-order valence-corrected chi connectivity index (χ4v) is 3.16. The molecule has 0 saturated carbocycles. The summed E-state index contributed by atoms with van der Waals surface area (Å²) in [6.07, 6.45) is 7.27. The Morgan fingerprint density at radius 1 is 1.30 bits per heavy atom. The van der Waals surface area contributed by atoms with Gasteiger partial charge in [0.1, 0.15) is 11.5 Å². The standard InChI is InChI=1S/C16H28N2OS/c1-3-4-9-18-10-7-14(8-11-18)17-12-15-5-6-16(19-15)13-20-2/h5-6,14,17H,3-4,7-13H2,1-2H3. The van der Waals surface area contributed by atoms with Crippen LogP contribution in [0.15, 0.2) is 16.5 Å². The van der Waals surface area contributed by atoms with Gasteiger partial charge in [0.25, 0.3) is 0 Å². The van der Waals surface area contributed by atoms with Gasteiger partial charge >= 0.3 is 0 Å². The normalized spacial score (nSPS) is 17.7. The first kappa shape index (κ1) is 15.9. The molecule has 0 spiro atoms. The molecular weight excluding hydrogens is 268 g/mol. The van der Waals surface area contributed by atoms with Crippen molar-refractivity contribution in [3.8, 4) is 0 Å². The van der Waals surface area contributed by atoms with E-state index in [1.807, 2.05) is 0 Å². The molecule has 1 aromatic heterocycles. The Morgan fingerprint density at radius 3 is 2.75 bits per heavy atom. The quantitative estimate of drug-likeness (QED) is 0.795. The van der Waals surface area contributed by atoms with Crippen molar-refractivity contribution < 1.29 is 4.42 Å². The molecule has 1 fully saturated rings. The highest BCUT2D eigenvalue weighted by Gasteiger charge is 2.18. The lowest BCUT2D eigenvalue weighted by molar-refractivity contribution is 0.193. The Kier molecular flexibility index (Phi) is 6.97. The van der Waals surface area contributed by atoms with Crippen LogP contribution in [0.3, 0.4) is 0 Å². The van der Waals surface area contributed by atoms with Crippen LogP contribution < -0.4 is 5.32 Å². The number of piperidine rings is 1. The zero-order valence-corrected chi connectivity index (χ0v) is 13.7. The minimum atomic E-state index is 0.655. The summed E-state index contributed by atoms with van der Waals surface area (Å²) >= 11 is 1.80. The summed E-state index contributed by atoms with van der Waals surface area (Å²) < 4.78 is 5.80. The van der Waals surface area contributed by atoms with Crippen LogP contribution in [0.4, 0.5) is 0 Å². The summed E-state index contributed by atoms with van der Waals surface area (Å²) in [7, 11) is 0. The highest BCUT2D eigenvalue weighted by atomic mass is 32.2. The number of unbranched alkanes of at least 4 members (excludes halogenated alkanes) is 1. The van der Waals surface area contributed by atoms with E-state index >= 15 is 0 Å². The van der Waals surface area contributed by atoms with E-state index in [0.717, 1.165) is 23.8 Å². The summed E-state index contributed by atoms with van der Waals surface area (Å²) in [5, 5.41) is 3.64. The maximum atomic E-state index is 5.80.